The smallest absolute Gasteiger partial charge is 0.444 e. The Morgan fingerprint density at radius 1 is 1.26 bits per heavy atom. The summed E-state index contributed by atoms with van der Waals surface area (Å²) in [6.45, 7) is 18.5. The van der Waals surface area contributed by atoms with Crippen LogP contribution in [0, 0.1) is 0 Å². The molecule has 8 heteroatoms. The topological polar surface area (TPSA) is 65.8 Å². The number of carbonyl (C=O) groups is 1. The van der Waals surface area contributed by atoms with Gasteiger partial charge in [-0.05, 0) is 48.5 Å². The summed E-state index contributed by atoms with van der Waals surface area (Å²) in [6.07, 6.45) is 5.17. The maximum atomic E-state index is 12.2. The van der Waals surface area contributed by atoms with Crippen molar-refractivity contribution >= 4 is 18.7 Å². The molecule has 0 aliphatic carbocycles. The van der Waals surface area contributed by atoms with Gasteiger partial charge in [-0.25, -0.2) is 4.79 Å². The molecule has 0 bridgehead atoms. The van der Waals surface area contributed by atoms with Gasteiger partial charge in [0.25, 0.3) is 0 Å². The Balaban J connectivity index is 1.71. The largest absolute Gasteiger partial charge is 0.498 e. The summed E-state index contributed by atoms with van der Waals surface area (Å²) in [4.78, 5) is 13.9. The van der Waals surface area contributed by atoms with Gasteiger partial charge in [-0.1, -0.05) is 6.08 Å². The maximum absolute atomic E-state index is 12.2. The lowest BCUT2D eigenvalue weighted by Gasteiger charge is -2.48. The summed E-state index contributed by atoms with van der Waals surface area (Å²) < 4.78 is 19.4. The third-order valence-corrected chi connectivity index (χ3v) is 5.55. The van der Waals surface area contributed by atoms with Crippen molar-refractivity contribution in [2.75, 3.05) is 13.1 Å². The van der Waals surface area contributed by atoms with E-state index < -0.39 is 29.5 Å². The third-order valence-electron chi connectivity index (χ3n) is 5.55. The molecule has 2 aliphatic heterocycles. The van der Waals surface area contributed by atoms with Crippen LogP contribution in [0.3, 0.4) is 0 Å². The van der Waals surface area contributed by atoms with Crippen LogP contribution >= 0.6 is 0 Å². The molecule has 3 rings (SSSR count). The molecule has 0 saturated carbocycles. The van der Waals surface area contributed by atoms with Crippen LogP contribution in [0.5, 0.6) is 0 Å². The number of likely N-dealkylation sites (tertiary alicyclic amines) is 1. The standard InChI is InChI=1S/C19H30BN3O4/c1-9-19(12-22(13-19)15(24)25-16(2,3)4)23-11-14(10-21-23)20-26-17(5,6)18(7,8)27-20/h9-11H,1,12-13H2,2-8H3. The highest BCUT2D eigenvalue weighted by Crippen LogP contribution is 2.37. The summed E-state index contributed by atoms with van der Waals surface area (Å²) in [5.74, 6) is 0. The fraction of sp³-hybridized carbons (Fsp3) is 0.684. The second-order valence-corrected chi connectivity index (χ2v) is 9.45. The molecule has 0 spiro atoms. The lowest BCUT2D eigenvalue weighted by molar-refractivity contribution is -0.0175. The Bertz CT molecular complexity index is 728. The lowest BCUT2D eigenvalue weighted by Crippen LogP contribution is -2.64. The SMILES string of the molecule is C=CC1(n2cc(B3OC(C)(C)C(C)(C)O3)cn2)CN(C(=O)OC(C)(C)C)C1. The van der Waals surface area contributed by atoms with E-state index in [1.54, 1.807) is 11.1 Å². The number of aromatic nitrogens is 2. The zero-order chi connectivity index (χ0) is 20.3. The van der Waals surface area contributed by atoms with E-state index in [9.17, 15) is 4.79 Å². The average molecular weight is 375 g/mol. The Labute approximate surface area is 161 Å². The van der Waals surface area contributed by atoms with Crippen LogP contribution in [0.2, 0.25) is 0 Å². The van der Waals surface area contributed by atoms with Crippen molar-refractivity contribution < 1.29 is 18.8 Å². The highest BCUT2D eigenvalue weighted by Gasteiger charge is 2.53. The number of ether oxygens (including phenoxy) is 1. The van der Waals surface area contributed by atoms with Gasteiger partial charge in [-0.15, -0.1) is 6.58 Å². The molecule has 0 unspecified atom stereocenters. The minimum atomic E-state index is -0.515. The van der Waals surface area contributed by atoms with Crippen LogP contribution in [-0.4, -0.2) is 57.8 Å². The summed E-state index contributed by atoms with van der Waals surface area (Å²) in [5.41, 5.74) is -0.914. The highest BCUT2D eigenvalue weighted by atomic mass is 16.7. The first kappa shape index (κ1) is 20.0. The number of hydrogen-bond acceptors (Lipinski definition) is 5. The molecule has 1 amide bonds. The number of amides is 1. The summed E-state index contributed by atoms with van der Waals surface area (Å²) in [7, 11) is -0.465. The van der Waals surface area contributed by atoms with Gasteiger partial charge in [0.05, 0.1) is 24.3 Å². The predicted molar refractivity (Wildman–Crippen MR) is 104 cm³/mol. The zero-order valence-corrected chi connectivity index (χ0v) is 17.4. The lowest BCUT2D eigenvalue weighted by atomic mass is 9.81. The first-order valence-electron chi connectivity index (χ1n) is 9.31. The van der Waals surface area contributed by atoms with Gasteiger partial charge < -0.3 is 18.9 Å². The number of hydrogen-bond donors (Lipinski definition) is 0. The minimum absolute atomic E-state index is 0.321. The van der Waals surface area contributed by atoms with Gasteiger partial charge in [0, 0.05) is 17.9 Å². The normalized spacial score (nSPS) is 23.1. The van der Waals surface area contributed by atoms with E-state index in [4.69, 9.17) is 14.0 Å². The molecule has 0 radical (unpaired) electrons. The van der Waals surface area contributed by atoms with Crippen molar-refractivity contribution in [1.29, 1.82) is 0 Å². The summed E-state index contributed by atoms with van der Waals surface area (Å²) >= 11 is 0. The average Bonchev–Trinajstić information content (AvgIpc) is 3.00. The Kier molecular flexibility index (Phi) is 4.51. The Morgan fingerprint density at radius 3 is 2.30 bits per heavy atom. The van der Waals surface area contributed by atoms with Crippen LogP contribution in [0.25, 0.3) is 0 Å². The first-order chi connectivity index (χ1) is 12.3. The van der Waals surface area contributed by atoms with E-state index in [0.717, 1.165) is 5.46 Å². The van der Waals surface area contributed by atoms with Crippen LogP contribution in [0.1, 0.15) is 48.5 Å². The van der Waals surface area contributed by atoms with Gasteiger partial charge in [0.1, 0.15) is 11.1 Å². The van der Waals surface area contributed by atoms with E-state index in [2.05, 4.69) is 11.7 Å². The second kappa shape index (κ2) is 6.11. The van der Waals surface area contributed by atoms with Crippen LogP contribution in [0.4, 0.5) is 4.79 Å². The molecule has 7 nitrogen and oxygen atoms in total. The fourth-order valence-electron chi connectivity index (χ4n) is 3.12. The first-order valence-corrected chi connectivity index (χ1v) is 9.31. The van der Waals surface area contributed by atoms with E-state index in [0.29, 0.717) is 13.1 Å². The molecule has 2 fully saturated rings. The van der Waals surface area contributed by atoms with Crippen molar-refractivity contribution in [1.82, 2.24) is 14.7 Å². The molecule has 2 saturated heterocycles. The second-order valence-electron chi connectivity index (χ2n) is 9.45. The minimum Gasteiger partial charge on any atom is -0.444 e. The Morgan fingerprint density at radius 2 is 1.81 bits per heavy atom. The van der Waals surface area contributed by atoms with Gasteiger partial charge in [0.2, 0.25) is 0 Å². The molecule has 0 atom stereocenters. The van der Waals surface area contributed by atoms with E-state index in [-0.39, 0.29) is 6.09 Å². The van der Waals surface area contributed by atoms with Gasteiger partial charge in [0.15, 0.2) is 0 Å². The van der Waals surface area contributed by atoms with Gasteiger partial charge in [-0.2, -0.15) is 5.10 Å². The fourth-order valence-corrected chi connectivity index (χ4v) is 3.12. The quantitative estimate of drug-likeness (QED) is 0.599. The van der Waals surface area contributed by atoms with Crippen LogP contribution in [-0.2, 0) is 19.6 Å². The van der Waals surface area contributed by atoms with Crippen LogP contribution in [0.15, 0.2) is 25.0 Å². The number of carbonyl (C=O) groups excluding carboxylic acids is 1. The predicted octanol–water partition coefficient (Wildman–Crippen LogP) is 2.31. The number of rotatable bonds is 3. The van der Waals surface area contributed by atoms with E-state index >= 15 is 0 Å². The van der Waals surface area contributed by atoms with Crippen molar-refractivity contribution in [2.45, 2.75) is 70.8 Å². The van der Waals surface area contributed by atoms with Crippen molar-refractivity contribution in [3.63, 3.8) is 0 Å². The molecular weight excluding hydrogens is 345 g/mol. The Hall–Kier alpha value is -1.80. The monoisotopic (exact) mass is 375 g/mol. The van der Waals surface area contributed by atoms with Crippen LogP contribution < -0.4 is 5.46 Å². The van der Waals surface area contributed by atoms with Crippen molar-refractivity contribution in [3.05, 3.63) is 25.0 Å². The number of nitrogens with zero attached hydrogens (tertiary/aromatic N) is 3. The highest BCUT2D eigenvalue weighted by molar-refractivity contribution is 6.62. The summed E-state index contributed by atoms with van der Waals surface area (Å²) in [5, 5.41) is 4.50. The van der Waals surface area contributed by atoms with Gasteiger partial charge in [-0.3, -0.25) is 4.68 Å². The molecule has 3 heterocycles. The molecule has 1 aromatic heterocycles. The molecule has 148 valence electrons. The van der Waals surface area contributed by atoms with Crippen molar-refractivity contribution in [3.8, 4) is 0 Å². The molecule has 27 heavy (non-hydrogen) atoms. The van der Waals surface area contributed by atoms with Gasteiger partial charge >= 0.3 is 13.2 Å². The van der Waals surface area contributed by atoms with E-state index in [1.165, 1.54) is 0 Å². The summed E-state index contributed by atoms with van der Waals surface area (Å²) in [6, 6.07) is 0. The maximum Gasteiger partial charge on any atom is 0.498 e. The van der Waals surface area contributed by atoms with E-state index in [1.807, 2.05) is 65.4 Å². The molecule has 1 aromatic rings. The molecule has 0 aromatic carbocycles. The molecule has 2 aliphatic rings. The zero-order valence-electron chi connectivity index (χ0n) is 17.4. The molecular formula is C19H30BN3O4. The third kappa shape index (κ3) is 3.52. The van der Waals surface area contributed by atoms with Crippen molar-refractivity contribution in [2.24, 2.45) is 0 Å². The molecule has 0 N–H and O–H groups in total.